The second kappa shape index (κ2) is 7.65. The Morgan fingerprint density at radius 1 is 1.42 bits per heavy atom. The van der Waals surface area contributed by atoms with Gasteiger partial charge in [-0.3, -0.25) is 9.59 Å². The maximum atomic E-state index is 11.6. The number of hydrogen-bond acceptors (Lipinski definition) is 5. The van der Waals surface area contributed by atoms with Gasteiger partial charge in [-0.2, -0.15) is 0 Å². The van der Waals surface area contributed by atoms with Crippen LogP contribution in [0.4, 0.5) is 0 Å². The number of ether oxygens (including phenoxy) is 1. The van der Waals surface area contributed by atoms with Crippen molar-refractivity contribution in [2.24, 2.45) is 0 Å². The summed E-state index contributed by atoms with van der Waals surface area (Å²) < 4.78 is 4.69. The molecule has 0 fully saturated rings. The number of hydrogen-bond donors (Lipinski definition) is 2. The summed E-state index contributed by atoms with van der Waals surface area (Å²) in [6.45, 7) is -0.111. The van der Waals surface area contributed by atoms with Gasteiger partial charge in [-0.1, -0.05) is 6.07 Å². The van der Waals surface area contributed by atoms with Crippen molar-refractivity contribution in [2.75, 3.05) is 13.7 Å². The van der Waals surface area contributed by atoms with E-state index in [0.29, 0.717) is 4.88 Å². The van der Waals surface area contributed by atoms with Crippen molar-refractivity contribution >= 4 is 29.0 Å². The zero-order valence-corrected chi connectivity index (χ0v) is 11.2. The number of carbonyl (C=O) groups is 3. The molecule has 0 radical (unpaired) electrons. The van der Waals surface area contributed by atoms with Crippen molar-refractivity contribution in [1.29, 1.82) is 0 Å². The number of rotatable bonds is 8. The maximum absolute atomic E-state index is 11.6. The van der Waals surface area contributed by atoms with Crippen LogP contribution in [0, 0.1) is 0 Å². The van der Waals surface area contributed by atoms with Crippen LogP contribution in [0.3, 0.4) is 0 Å². The standard InChI is InChI=1S/C12H15NO5S/c1-18-7-8(12(16)17)13-11(15)5-4-9(14)10-3-2-6-19-10/h2-3,6,8H,4-5,7H2,1H3,(H,13,15)(H,16,17). The number of methoxy groups -OCH3 is 1. The van der Waals surface area contributed by atoms with E-state index in [-0.39, 0.29) is 25.2 Å². The summed E-state index contributed by atoms with van der Waals surface area (Å²) in [5.41, 5.74) is 0. The second-order valence-corrected chi connectivity index (χ2v) is 4.76. The van der Waals surface area contributed by atoms with E-state index < -0.39 is 17.9 Å². The molecular weight excluding hydrogens is 270 g/mol. The molecule has 0 saturated heterocycles. The Bertz CT molecular complexity index is 443. The van der Waals surface area contributed by atoms with Crippen molar-refractivity contribution in [3.63, 3.8) is 0 Å². The second-order valence-electron chi connectivity index (χ2n) is 3.81. The van der Waals surface area contributed by atoms with E-state index >= 15 is 0 Å². The molecule has 2 N–H and O–H groups in total. The number of Topliss-reactive ketones (excluding diaryl/α,β-unsaturated/α-hetero) is 1. The molecule has 0 spiro atoms. The summed E-state index contributed by atoms with van der Waals surface area (Å²) in [7, 11) is 1.35. The third-order valence-corrected chi connectivity index (χ3v) is 3.25. The summed E-state index contributed by atoms with van der Waals surface area (Å²) in [5, 5.41) is 12.9. The van der Waals surface area contributed by atoms with Crippen LogP contribution in [0.2, 0.25) is 0 Å². The number of thiophene rings is 1. The molecule has 1 rings (SSSR count). The first-order valence-corrected chi connectivity index (χ1v) is 6.50. The molecule has 0 aliphatic rings. The highest BCUT2D eigenvalue weighted by Crippen LogP contribution is 2.12. The van der Waals surface area contributed by atoms with Gasteiger partial charge in [0.15, 0.2) is 11.8 Å². The Balaban J connectivity index is 2.38. The van der Waals surface area contributed by atoms with Gasteiger partial charge in [-0.15, -0.1) is 11.3 Å². The fourth-order valence-corrected chi connectivity index (χ4v) is 2.09. The van der Waals surface area contributed by atoms with Gasteiger partial charge >= 0.3 is 5.97 Å². The van der Waals surface area contributed by atoms with Gasteiger partial charge in [-0.25, -0.2) is 4.79 Å². The monoisotopic (exact) mass is 285 g/mol. The van der Waals surface area contributed by atoms with Crippen LogP contribution in [-0.4, -0.2) is 42.5 Å². The minimum atomic E-state index is -1.17. The van der Waals surface area contributed by atoms with Crippen molar-refractivity contribution in [2.45, 2.75) is 18.9 Å². The van der Waals surface area contributed by atoms with Crippen LogP contribution >= 0.6 is 11.3 Å². The van der Waals surface area contributed by atoms with Gasteiger partial charge in [0.25, 0.3) is 0 Å². The predicted molar refractivity (Wildman–Crippen MR) is 69.3 cm³/mol. The normalized spacial score (nSPS) is 11.8. The molecule has 0 aliphatic heterocycles. The van der Waals surface area contributed by atoms with Gasteiger partial charge in [0.2, 0.25) is 5.91 Å². The molecule has 1 heterocycles. The number of ketones is 1. The van der Waals surface area contributed by atoms with E-state index in [1.165, 1.54) is 18.4 Å². The number of aliphatic carboxylic acids is 1. The molecule has 0 aliphatic carbocycles. The van der Waals surface area contributed by atoms with Crippen LogP contribution in [-0.2, 0) is 14.3 Å². The minimum Gasteiger partial charge on any atom is -0.480 e. The number of carboxylic acids is 1. The smallest absolute Gasteiger partial charge is 0.328 e. The van der Waals surface area contributed by atoms with Crippen molar-refractivity contribution in [3.05, 3.63) is 22.4 Å². The molecule has 0 aromatic carbocycles. The minimum absolute atomic E-state index is 0.0375. The summed E-state index contributed by atoms with van der Waals surface area (Å²) in [6, 6.07) is 2.36. The molecule has 6 nitrogen and oxygen atoms in total. The SMILES string of the molecule is COCC(NC(=O)CCC(=O)c1cccs1)C(=O)O. The largest absolute Gasteiger partial charge is 0.480 e. The molecule has 19 heavy (non-hydrogen) atoms. The molecule has 1 unspecified atom stereocenters. The quantitative estimate of drug-likeness (QED) is 0.693. The average molecular weight is 285 g/mol. The Morgan fingerprint density at radius 3 is 2.68 bits per heavy atom. The zero-order chi connectivity index (χ0) is 14.3. The molecule has 1 amide bonds. The van der Waals surface area contributed by atoms with Crippen LogP contribution in [0.15, 0.2) is 17.5 Å². The van der Waals surface area contributed by atoms with E-state index in [1.807, 2.05) is 0 Å². The number of nitrogens with one attached hydrogen (secondary N) is 1. The molecule has 7 heteroatoms. The van der Waals surface area contributed by atoms with Crippen LogP contribution in [0.5, 0.6) is 0 Å². The first kappa shape index (κ1) is 15.3. The molecular formula is C12H15NO5S. The average Bonchev–Trinajstić information content (AvgIpc) is 2.89. The lowest BCUT2D eigenvalue weighted by Gasteiger charge is -2.12. The van der Waals surface area contributed by atoms with Crippen molar-refractivity contribution in [3.8, 4) is 0 Å². The zero-order valence-electron chi connectivity index (χ0n) is 10.4. The van der Waals surface area contributed by atoms with E-state index in [1.54, 1.807) is 17.5 Å². The first-order valence-electron chi connectivity index (χ1n) is 5.62. The summed E-state index contributed by atoms with van der Waals surface area (Å²) >= 11 is 1.31. The fraction of sp³-hybridized carbons (Fsp3) is 0.417. The number of carboxylic acid groups (broad SMARTS) is 1. The highest BCUT2D eigenvalue weighted by molar-refractivity contribution is 7.12. The lowest BCUT2D eigenvalue weighted by molar-refractivity contribution is -0.143. The summed E-state index contributed by atoms with van der Waals surface area (Å²) in [6.07, 6.45) is 0.0237. The molecule has 1 atom stereocenters. The molecule has 0 saturated carbocycles. The molecule has 1 aromatic rings. The Labute approximate surface area is 114 Å². The topological polar surface area (TPSA) is 92.7 Å². The number of carbonyl (C=O) groups excluding carboxylic acids is 2. The lowest BCUT2D eigenvalue weighted by Crippen LogP contribution is -2.43. The summed E-state index contributed by atoms with van der Waals surface area (Å²) in [4.78, 5) is 34.6. The van der Waals surface area contributed by atoms with Gasteiger partial charge in [0, 0.05) is 20.0 Å². The Hall–Kier alpha value is -1.73. The molecule has 0 bridgehead atoms. The fourth-order valence-electron chi connectivity index (χ4n) is 1.40. The predicted octanol–water partition coefficient (Wildman–Crippen LogP) is 0.927. The van der Waals surface area contributed by atoms with E-state index in [4.69, 9.17) is 5.11 Å². The van der Waals surface area contributed by atoms with Gasteiger partial charge in [0.1, 0.15) is 0 Å². The van der Waals surface area contributed by atoms with E-state index in [0.717, 1.165) is 0 Å². The summed E-state index contributed by atoms with van der Waals surface area (Å²) in [5.74, 6) is -1.77. The highest BCUT2D eigenvalue weighted by Gasteiger charge is 2.20. The van der Waals surface area contributed by atoms with Gasteiger partial charge < -0.3 is 15.2 Å². The molecule has 1 aromatic heterocycles. The maximum Gasteiger partial charge on any atom is 0.328 e. The van der Waals surface area contributed by atoms with E-state index in [9.17, 15) is 14.4 Å². The molecule has 104 valence electrons. The Kier molecular flexibility index (Phi) is 6.17. The van der Waals surface area contributed by atoms with Crippen molar-refractivity contribution < 1.29 is 24.2 Å². The van der Waals surface area contributed by atoms with Crippen LogP contribution in [0.25, 0.3) is 0 Å². The highest BCUT2D eigenvalue weighted by atomic mass is 32.1. The van der Waals surface area contributed by atoms with E-state index in [2.05, 4.69) is 10.1 Å². The van der Waals surface area contributed by atoms with Crippen LogP contribution < -0.4 is 5.32 Å². The van der Waals surface area contributed by atoms with Crippen molar-refractivity contribution in [1.82, 2.24) is 5.32 Å². The third kappa shape index (κ3) is 5.19. The van der Waals surface area contributed by atoms with Gasteiger partial charge in [0.05, 0.1) is 11.5 Å². The first-order chi connectivity index (χ1) is 9.04. The number of amides is 1. The lowest BCUT2D eigenvalue weighted by atomic mass is 10.2. The van der Waals surface area contributed by atoms with Gasteiger partial charge in [-0.05, 0) is 11.4 Å². The Morgan fingerprint density at radius 2 is 2.16 bits per heavy atom. The van der Waals surface area contributed by atoms with Crippen LogP contribution in [0.1, 0.15) is 22.5 Å². The third-order valence-electron chi connectivity index (χ3n) is 2.34.